The highest BCUT2D eigenvalue weighted by Gasteiger charge is 2.25. The molecule has 0 aliphatic carbocycles. The second-order valence-electron chi connectivity index (χ2n) is 8.27. The number of likely N-dealkylation sites (tertiary alicyclic amines) is 1. The summed E-state index contributed by atoms with van der Waals surface area (Å²) in [5.41, 5.74) is 4.56. The van der Waals surface area contributed by atoms with Gasteiger partial charge in [-0.05, 0) is 62.2 Å². The number of benzene rings is 2. The van der Waals surface area contributed by atoms with Gasteiger partial charge < -0.3 is 4.90 Å². The third kappa shape index (κ3) is 4.74. The normalized spacial score (nSPS) is 15.2. The van der Waals surface area contributed by atoms with Crippen molar-refractivity contribution in [2.24, 2.45) is 0 Å². The van der Waals surface area contributed by atoms with E-state index in [1.54, 1.807) is 12.4 Å². The predicted octanol–water partition coefficient (Wildman–Crippen LogP) is 5.40. The van der Waals surface area contributed by atoms with Gasteiger partial charge in [-0.3, -0.25) is 0 Å². The summed E-state index contributed by atoms with van der Waals surface area (Å²) in [5, 5.41) is 5.61. The lowest BCUT2D eigenvalue weighted by Gasteiger charge is -2.32. The molecule has 1 saturated heterocycles. The summed E-state index contributed by atoms with van der Waals surface area (Å²) < 4.78 is 1.92. The molecule has 2 aromatic heterocycles. The fraction of sp³-hybridized carbons (Fsp3) is 0.269. The number of nitrogens with zero attached hydrogens (tertiary/aromatic N) is 5. The van der Waals surface area contributed by atoms with Gasteiger partial charge in [-0.2, -0.15) is 5.10 Å². The topological polar surface area (TPSA) is 46.8 Å². The summed E-state index contributed by atoms with van der Waals surface area (Å²) in [6, 6.07) is 22.6. The molecule has 0 N–H and O–H groups in total. The van der Waals surface area contributed by atoms with Crippen molar-refractivity contribution in [3.63, 3.8) is 0 Å². The van der Waals surface area contributed by atoms with Gasteiger partial charge in [-0.1, -0.05) is 54.1 Å². The molecule has 6 heteroatoms. The van der Waals surface area contributed by atoms with E-state index in [-0.39, 0.29) is 0 Å². The number of hydrogen-bond donors (Lipinski definition) is 0. The third-order valence-electron chi connectivity index (χ3n) is 6.18. The molecule has 162 valence electrons. The van der Waals surface area contributed by atoms with E-state index in [9.17, 15) is 0 Å². The fourth-order valence-electron chi connectivity index (χ4n) is 4.39. The molecule has 32 heavy (non-hydrogen) atoms. The smallest absolute Gasteiger partial charge is 0.250 e. The Morgan fingerprint density at radius 3 is 2.31 bits per heavy atom. The van der Waals surface area contributed by atoms with Gasteiger partial charge in [0.25, 0.3) is 5.95 Å². The Morgan fingerprint density at radius 2 is 1.59 bits per heavy atom. The molecule has 0 bridgehead atoms. The van der Waals surface area contributed by atoms with E-state index in [0.29, 0.717) is 11.9 Å². The van der Waals surface area contributed by atoms with E-state index >= 15 is 0 Å². The fourth-order valence-corrected chi connectivity index (χ4v) is 4.52. The Bertz CT molecular complexity index is 1130. The first-order valence-electron chi connectivity index (χ1n) is 11.2. The number of rotatable bonds is 6. The summed E-state index contributed by atoms with van der Waals surface area (Å²) in [4.78, 5) is 11.5. The van der Waals surface area contributed by atoms with Crippen LogP contribution >= 0.6 is 11.6 Å². The molecule has 1 aliphatic rings. The van der Waals surface area contributed by atoms with Crippen molar-refractivity contribution in [3.8, 4) is 17.2 Å². The van der Waals surface area contributed by atoms with Crippen LogP contribution in [-0.4, -0.2) is 44.3 Å². The number of aromatic nitrogens is 4. The zero-order valence-corrected chi connectivity index (χ0v) is 18.7. The Kier molecular flexibility index (Phi) is 6.28. The highest BCUT2D eigenvalue weighted by Crippen LogP contribution is 2.32. The maximum absolute atomic E-state index is 6.08. The Hall–Kier alpha value is -3.02. The van der Waals surface area contributed by atoms with E-state index in [1.165, 1.54) is 11.3 Å². The molecule has 1 fully saturated rings. The highest BCUT2D eigenvalue weighted by molar-refractivity contribution is 6.30. The van der Waals surface area contributed by atoms with Crippen molar-refractivity contribution in [3.05, 3.63) is 95.4 Å². The Morgan fingerprint density at radius 1 is 0.875 bits per heavy atom. The average molecular weight is 444 g/mol. The van der Waals surface area contributed by atoms with Gasteiger partial charge in [0.1, 0.15) is 0 Å². The van der Waals surface area contributed by atoms with Crippen LogP contribution in [0.3, 0.4) is 0 Å². The van der Waals surface area contributed by atoms with Crippen LogP contribution < -0.4 is 0 Å². The van der Waals surface area contributed by atoms with Gasteiger partial charge >= 0.3 is 0 Å². The van der Waals surface area contributed by atoms with Crippen molar-refractivity contribution >= 4 is 11.6 Å². The van der Waals surface area contributed by atoms with Crippen molar-refractivity contribution in [1.82, 2.24) is 24.6 Å². The first-order chi connectivity index (χ1) is 15.8. The first kappa shape index (κ1) is 20.9. The van der Waals surface area contributed by atoms with Crippen LogP contribution in [0.15, 0.2) is 79.1 Å². The molecule has 0 unspecified atom stereocenters. The molecule has 0 amide bonds. The maximum Gasteiger partial charge on any atom is 0.250 e. The van der Waals surface area contributed by atoms with Gasteiger partial charge in [0.2, 0.25) is 0 Å². The molecule has 3 heterocycles. The van der Waals surface area contributed by atoms with Gasteiger partial charge in [-0.25, -0.2) is 14.6 Å². The molecule has 4 aromatic rings. The van der Waals surface area contributed by atoms with Crippen LogP contribution in [0, 0.1) is 0 Å². The van der Waals surface area contributed by atoms with Crippen LogP contribution in [0.2, 0.25) is 5.02 Å². The maximum atomic E-state index is 6.08. The third-order valence-corrected chi connectivity index (χ3v) is 6.44. The molecule has 5 rings (SSSR count). The van der Waals surface area contributed by atoms with Crippen LogP contribution in [0.4, 0.5) is 0 Å². The van der Waals surface area contributed by atoms with Gasteiger partial charge in [0.15, 0.2) is 0 Å². The minimum atomic E-state index is 0.431. The molecular formula is C26H26ClN5. The zero-order valence-electron chi connectivity index (χ0n) is 17.9. The Balaban J connectivity index is 1.34. The number of piperidine rings is 1. The van der Waals surface area contributed by atoms with Crippen LogP contribution in [0.25, 0.3) is 17.2 Å². The summed E-state index contributed by atoms with van der Waals surface area (Å²) in [5.74, 6) is 1.05. The van der Waals surface area contributed by atoms with Crippen LogP contribution in [0.5, 0.6) is 0 Å². The highest BCUT2D eigenvalue weighted by atomic mass is 35.5. The monoisotopic (exact) mass is 443 g/mol. The Labute approximate surface area is 193 Å². The van der Waals surface area contributed by atoms with Crippen LogP contribution in [-0.2, 0) is 6.42 Å². The minimum absolute atomic E-state index is 0.431. The van der Waals surface area contributed by atoms with E-state index in [2.05, 4.69) is 51.3 Å². The molecule has 0 radical (unpaired) electrons. The summed E-state index contributed by atoms with van der Waals surface area (Å²) in [7, 11) is 0. The lowest BCUT2D eigenvalue weighted by Crippen LogP contribution is -2.35. The quantitative estimate of drug-likeness (QED) is 0.400. The largest absolute Gasteiger partial charge is 0.303 e. The van der Waals surface area contributed by atoms with Crippen molar-refractivity contribution in [1.29, 1.82) is 0 Å². The van der Waals surface area contributed by atoms with E-state index in [4.69, 9.17) is 16.7 Å². The van der Waals surface area contributed by atoms with Crippen LogP contribution in [0.1, 0.15) is 30.0 Å². The van der Waals surface area contributed by atoms with E-state index in [0.717, 1.165) is 55.2 Å². The van der Waals surface area contributed by atoms with E-state index in [1.807, 2.05) is 35.0 Å². The van der Waals surface area contributed by atoms with Crippen molar-refractivity contribution in [2.45, 2.75) is 25.2 Å². The predicted molar refractivity (Wildman–Crippen MR) is 128 cm³/mol. The lowest BCUT2D eigenvalue weighted by atomic mass is 9.92. The molecule has 0 saturated carbocycles. The van der Waals surface area contributed by atoms with Gasteiger partial charge in [-0.15, -0.1) is 0 Å². The first-order valence-corrected chi connectivity index (χ1v) is 11.5. The summed E-state index contributed by atoms with van der Waals surface area (Å²) in [6.45, 7) is 3.29. The number of halogens is 1. The second kappa shape index (κ2) is 9.63. The lowest BCUT2D eigenvalue weighted by molar-refractivity contribution is 0.212. The molecule has 0 atom stereocenters. The molecular weight excluding hydrogens is 418 g/mol. The summed E-state index contributed by atoms with van der Waals surface area (Å²) in [6.07, 6.45) is 6.84. The molecule has 2 aromatic carbocycles. The molecule has 5 nitrogen and oxygen atoms in total. The number of hydrogen-bond acceptors (Lipinski definition) is 4. The molecule has 0 spiro atoms. The zero-order chi connectivity index (χ0) is 21.8. The van der Waals surface area contributed by atoms with Gasteiger partial charge in [0.05, 0.1) is 11.4 Å². The van der Waals surface area contributed by atoms with E-state index < -0.39 is 0 Å². The second-order valence-corrected chi connectivity index (χ2v) is 8.71. The SMILES string of the molecule is Clc1ccc(-c2cc(C3CCN(CCc4ccccc4)CC3)n(-c3ncccn3)n2)cc1. The minimum Gasteiger partial charge on any atom is -0.303 e. The van der Waals surface area contributed by atoms with Gasteiger partial charge in [0, 0.05) is 35.4 Å². The summed E-state index contributed by atoms with van der Waals surface area (Å²) >= 11 is 6.08. The standard InChI is InChI=1S/C26H26ClN5/c27-23-9-7-21(8-10-23)24-19-25(32(30-24)26-28-14-4-15-29-26)22-12-17-31(18-13-22)16-11-20-5-2-1-3-6-20/h1-10,14-15,19,22H,11-13,16-18H2. The van der Waals surface area contributed by atoms with Crippen molar-refractivity contribution < 1.29 is 0 Å². The average Bonchev–Trinajstić information content (AvgIpc) is 3.30. The van der Waals surface area contributed by atoms with Crippen molar-refractivity contribution in [2.75, 3.05) is 19.6 Å². The molecule has 1 aliphatic heterocycles.